The van der Waals surface area contributed by atoms with E-state index < -0.39 is 24.1 Å². The third-order valence-electron chi connectivity index (χ3n) is 5.67. The third kappa shape index (κ3) is 6.86. The number of primary amides is 2. The van der Waals surface area contributed by atoms with Gasteiger partial charge in [0, 0.05) is 24.7 Å². The maximum Gasteiger partial charge on any atom is 0.410 e. The topological polar surface area (TPSA) is 157 Å². The van der Waals surface area contributed by atoms with Crippen LogP contribution in [0.5, 0.6) is 0 Å². The molecule has 10 nitrogen and oxygen atoms in total. The van der Waals surface area contributed by atoms with Crippen LogP contribution in [-0.4, -0.2) is 48.5 Å². The number of nitrogens with one attached hydrogen (secondary N) is 2. The highest BCUT2D eigenvalue weighted by atomic mass is 16.6. The molecule has 0 radical (unpaired) electrons. The molecule has 1 aliphatic rings. The number of ether oxygens (including phenoxy) is 1. The van der Waals surface area contributed by atoms with Gasteiger partial charge in [0.2, 0.25) is 11.8 Å². The molecule has 1 atom stereocenters. The summed E-state index contributed by atoms with van der Waals surface area (Å²) < 4.78 is 5.28. The first-order chi connectivity index (χ1) is 15.1. The average molecular weight is 448 g/mol. The van der Waals surface area contributed by atoms with Crippen LogP contribution < -0.4 is 22.1 Å². The van der Waals surface area contributed by atoms with Crippen molar-refractivity contribution < 1.29 is 23.9 Å². The molecule has 2 rings (SSSR count). The Morgan fingerprint density at radius 2 is 1.75 bits per heavy atom. The molecular weight excluding hydrogens is 414 g/mol. The molecule has 0 aromatic heterocycles. The molecule has 6 N–H and O–H groups in total. The van der Waals surface area contributed by atoms with Crippen molar-refractivity contribution in [1.82, 2.24) is 10.2 Å². The Hall–Kier alpha value is -3.30. The van der Waals surface area contributed by atoms with E-state index in [9.17, 15) is 19.2 Å². The number of anilines is 1. The lowest BCUT2D eigenvalue weighted by molar-refractivity contribution is -0.124. The number of urea groups is 1. The third-order valence-corrected chi connectivity index (χ3v) is 5.67. The van der Waals surface area contributed by atoms with Crippen molar-refractivity contribution in [3.63, 3.8) is 0 Å². The van der Waals surface area contributed by atoms with Gasteiger partial charge in [0.15, 0.2) is 0 Å². The van der Waals surface area contributed by atoms with Crippen LogP contribution in [0.3, 0.4) is 0 Å². The number of amides is 5. The minimum Gasteiger partial charge on any atom is -0.445 e. The first-order valence-corrected chi connectivity index (χ1v) is 10.7. The number of carbonyl (C=O) groups is 4. The first-order valence-electron chi connectivity index (χ1n) is 10.7. The molecule has 5 amide bonds. The van der Waals surface area contributed by atoms with Gasteiger partial charge in [-0.25, -0.2) is 9.59 Å². The summed E-state index contributed by atoms with van der Waals surface area (Å²) in [6.45, 7) is 4.08. The highest BCUT2D eigenvalue weighted by Gasteiger charge is 2.48. The highest BCUT2D eigenvalue weighted by Crippen LogP contribution is 2.50. The normalized spacial score (nSPS) is 14.9. The van der Waals surface area contributed by atoms with Crippen LogP contribution in [0.4, 0.5) is 15.3 Å². The molecule has 0 bridgehead atoms. The van der Waals surface area contributed by atoms with Crippen molar-refractivity contribution in [2.24, 2.45) is 22.8 Å². The van der Waals surface area contributed by atoms with E-state index in [1.165, 1.54) is 11.9 Å². The van der Waals surface area contributed by atoms with Crippen molar-refractivity contribution >= 4 is 29.6 Å². The monoisotopic (exact) mass is 447 g/mol. The lowest BCUT2D eigenvalue weighted by Gasteiger charge is -2.27. The van der Waals surface area contributed by atoms with Gasteiger partial charge in [0.1, 0.15) is 12.6 Å². The number of hydrogen-bond donors (Lipinski definition) is 4. The Kier molecular flexibility index (Phi) is 8.45. The summed E-state index contributed by atoms with van der Waals surface area (Å²) in [5.41, 5.74) is 11.4. The first kappa shape index (κ1) is 25.0. The largest absolute Gasteiger partial charge is 0.445 e. The van der Waals surface area contributed by atoms with E-state index in [2.05, 4.69) is 10.6 Å². The van der Waals surface area contributed by atoms with Crippen molar-refractivity contribution in [2.75, 3.05) is 18.9 Å². The summed E-state index contributed by atoms with van der Waals surface area (Å²) in [5, 5.41) is 5.46. The van der Waals surface area contributed by atoms with Gasteiger partial charge < -0.3 is 26.8 Å². The molecular formula is C22H33N5O5. The summed E-state index contributed by atoms with van der Waals surface area (Å²) in [4.78, 5) is 48.4. The van der Waals surface area contributed by atoms with Gasteiger partial charge in [-0.3, -0.25) is 14.5 Å². The number of benzene rings is 1. The van der Waals surface area contributed by atoms with E-state index in [-0.39, 0.29) is 23.8 Å². The number of nitrogens with two attached hydrogens (primary N) is 2. The zero-order valence-corrected chi connectivity index (χ0v) is 18.8. The van der Waals surface area contributed by atoms with Gasteiger partial charge >= 0.3 is 12.1 Å². The standard InChI is InChI=1S/C22H33N5O5/c1-14(2)17(18(23)28)27(3)21(31)32-13-15-5-7-16(8-6-15)26-19(29)22(10-11-22)9-4-12-25-20(24)30/h5-8,14,17H,4,9-13H2,1-3H3,(H2,23,28)(H,26,29)(H3,24,25,30). The SMILES string of the molecule is CC(C)C(C(N)=O)N(C)C(=O)OCc1ccc(NC(=O)C2(CCCNC(N)=O)CC2)cc1. The highest BCUT2D eigenvalue weighted by molar-refractivity contribution is 5.97. The fourth-order valence-corrected chi connectivity index (χ4v) is 3.65. The predicted octanol–water partition coefficient (Wildman–Crippen LogP) is 1.93. The molecule has 32 heavy (non-hydrogen) atoms. The van der Waals surface area contributed by atoms with Crippen molar-refractivity contribution in [2.45, 2.75) is 52.2 Å². The van der Waals surface area contributed by atoms with Crippen LogP contribution in [0.25, 0.3) is 0 Å². The zero-order chi connectivity index (χ0) is 23.9. The van der Waals surface area contributed by atoms with E-state index in [4.69, 9.17) is 16.2 Å². The van der Waals surface area contributed by atoms with Crippen LogP contribution in [0.1, 0.15) is 45.1 Å². The van der Waals surface area contributed by atoms with Crippen molar-refractivity contribution in [3.8, 4) is 0 Å². The van der Waals surface area contributed by atoms with Gasteiger partial charge in [0.05, 0.1) is 0 Å². The zero-order valence-electron chi connectivity index (χ0n) is 18.8. The number of rotatable bonds is 11. The van der Waals surface area contributed by atoms with Crippen molar-refractivity contribution in [1.29, 1.82) is 0 Å². The van der Waals surface area contributed by atoms with E-state index >= 15 is 0 Å². The number of likely N-dealkylation sites (N-methyl/N-ethyl adjacent to an activating group) is 1. The van der Waals surface area contributed by atoms with Crippen LogP contribution in [0.15, 0.2) is 24.3 Å². The minimum atomic E-state index is -0.749. The molecule has 10 heteroatoms. The van der Waals surface area contributed by atoms with E-state index in [0.717, 1.165) is 18.4 Å². The number of hydrogen-bond acceptors (Lipinski definition) is 5. The second kappa shape index (κ2) is 10.8. The Labute approximate surface area is 188 Å². The molecule has 176 valence electrons. The van der Waals surface area contributed by atoms with Crippen LogP contribution in [-0.2, 0) is 20.9 Å². The van der Waals surface area contributed by atoms with Crippen LogP contribution in [0.2, 0.25) is 0 Å². The molecule has 1 unspecified atom stereocenters. The van der Waals surface area contributed by atoms with E-state index in [0.29, 0.717) is 25.1 Å². The Bertz CT molecular complexity index is 836. The molecule has 0 saturated heterocycles. The molecule has 1 saturated carbocycles. The predicted molar refractivity (Wildman–Crippen MR) is 119 cm³/mol. The summed E-state index contributed by atoms with van der Waals surface area (Å²) in [6, 6.07) is 5.69. The van der Waals surface area contributed by atoms with Crippen molar-refractivity contribution in [3.05, 3.63) is 29.8 Å². The molecule has 0 aliphatic heterocycles. The Morgan fingerprint density at radius 3 is 2.25 bits per heavy atom. The smallest absolute Gasteiger partial charge is 0.410 e. The van der Waals surface area contributed by atoms with Gasteiger partial charge in [0.25, 0.3) is 0 Å². The summed E-state index contributed by atoms with van der Waals surface area (Å²) >= 11 is 0. The Morgan fingerprint density at radius 1 is 1.12 bits per heavy atom. The molecule has 0 heterocycles. The maximum absolute atomic E-state index is 12.6. The lowest BCUT2D eigenvalue weighted by Crippen LogP contribution is -2.48. The average Bonchev–Trinajstić information content (AvgIpc) is 3.51. The number of carbonyl (C=O) groups excluding carboxylic acids is 4. The van der Waals surface area contributed by atoms with E-state index in [1.54, 1.807) is 38.1 Å². The van der Waals surface area contributed by atoms with Gasteiger partial charge in [-0.15, -0.1) is 0 Å². The van der Waals surface area contributed by atoms with E-state index in [1.807, 2.05) is 0 Å². The molecule has 1 aliphatic carbocycles. The quantitative estimate of drug-likeness (QED) is 0.381. The summed E-state index contributed by atoms with van der Waals surface area (Å²) in [6.07, 6.45) is 2.37. The fraction of sp³-hybridized carbons (Fsp3) is 0.545. The molecule has 1 fully saturated rings. The lowest BCUT2D eigenvalue weighted by atomic mass is 9.99. The maximum atomic E-state index is 12.6. The second-order valence-electron chi connectivity index (χ2n) is 8.58. The fourth-order valence-electron chi connectivity index (χ4n) is 3.65. The van der Waals surface area contributed by atoms with Gasteiger partial charge in [-0.05, 0) is 49.3 Å². The van der Waals surface area contributed by atoms with Gasteiger partial charge in [-0.2, -0.15) is 0 Å². The summed E-state index contributed by atoms with van der Waals surface area (Å²) in [5.74, 6) is -0.761. The minimum absolute atomic E-state index is 0.0256. The van der Waals surface area contributed by atoms with Crippen LogP contribution in [0, 0.1) is 11.3 Å². The Balaban J connectivity index is 1.83. The summed E-state index contributed by atoms with van der Waals surface area (Å²) in [7, 11) is 1.48. The van der Waals surface area contributed by atoms with Crippen LogP contribution >= 0.6 is 0 Å². The number of nitrogens with zero attached hydrogens (tertiary/aromatic N) is 1. The van der Waals surface area contributed by atoms with Gasteiger partial charge in [-0.1, -0.05) is 26.0 Å². The molecule has 1 aromatic carbocycles. The second-order valence-corrected chi connectivity index (χ2v) is 8.58. The molecule has 1 aromatic rings. The molecule has 0 spiro atoms.